The van der Waals surface area contributed by atoms with Gasteiger partial charge in [0, 0.05) is 20.0 Å². The lowest BCUT2D eigenvalue weighted by molar-refractivity contribution is -0.147. The van der Waals surface area contributed by atoms with Crippen LogP contribution in [0.2, 0.25) is 0 Å². The molecule has 94 valence electrons. The van der Waals surface area contributed by atoms with E-state index in [0.717, 1.165) is 26.2 Å². The van der Waals surface area contributed by atoms with Gasteiger partial charge in [-0.25, -0.2) is 0 Å². The van der Waals surface area contributed by atoms with Crippen LogP contribution < -0.4 is 0 Å². The van der Waals surface area contributed by atoms with Crippen molar-refractivity contribution in [2.45, 2.75) is 39.2 Å². The number of nitrogens with zero attached hydrogens (tertiary/aromatic N) is 1. The average molecular weight is 229 g/mol. The van der Waals surface area contributed by atoms with E-state index in [-0.39, 0.29) is 12.1 Å². The van der Waals surface area contributed by atoms with Crippen molar-refractivity contribution in [3.63, 3.8) is 0 Å². The molecule has 1 aliphatic heterocycles. The first-order chi connectivity index (χ1) is 7.72. The summed E-state index contributed by atoms with van der Waals surface area (Å²) in [7, 11) is 0. The summed E-state index contributed by atoms with van der Waals surface area (Å²) in [6, 6.07) is 0. The summed E-state index contributed by atoms with van der Waals surface area (Å²) in [5, 5.41) is 0. The highest BCUT2D eigenvalue weighted by Gasteiger charge is 2.20. The van der Waals surface area contributed by atoms with Gasteiger partial charge in [-0.15, -0.1) is 0 Å². The molecule has 0 saturated carbocycles. The van der Waals surface area contributed by atoms with E-state index >= 15 is 0 Å². The van der Waals surface area contributed by atoms with Crippen LogP contribution in [0.15, 0.2) is 0 Å². The van der Waals surface area contributed by atoms with Gasteiger partial charge in [-0.2, -0.15) is 0 Å². The zero-order valence-corrected chi connectivity index (χ0v) is 10.4. The van der Waals surface area contributed by atoms with E-state index in [1.165, 1.54) is 26.2 Å². The number of carbonyl (C=O) groups excluding carboxylic acids is 1. The molecule has 4 nitrogen and oxygen atoms in total. The van der Waals surface area contributed by atoms with Gasteiger partial charge in [0.15, 0.2) is 0 Å². The number of carbonyl (C=O) groups is 1. The van der Waals surface area contributed by atoms with E-state index in [2.05, 4.69) is 11.8 Å². The molecule has 1 heterocycles. The van der Waals surface area contributed by atoms with Crippen molar-refractivity contribution in [3.05, 3.63) is 0 Å². The average Bonchev–Trinajstić information content (AvgIpc) is 2.27. The molecular weight excluding hydrogens is 206 g/mol. The highest BCUT2D eigenvalue weighted by molar-refractivity contribution is 5.65. The van der Waals surface area contributed by atoms with E-state index in [1.807, 2.05) is 0 Å². The van der Waals surface area contributed by atoms with Crippen LogP contribution in [0, 0.1) is 0 Å². The minimum absolute atomic E-state index is 0.0549. The minimum Gasteiger partial charge on any atom is -0.463 e. The molecule has 0 aromatic rings. The summed E-state index contributed by atoms with van der Waals surface area (Å²) < 4.78 is 10.5. The van der Waals surface area contributed by atoms with Crippen molar-refractivity contribution in [3.8, 4) is 0 Å². The fourth-order valence-electron chi connectivity index (χ4n) is 1.88. The molecule has 1 fully saturated rings. The summed E-state index contributed by atoms with van der Waals surface area (Å²) in [5.41, 5.74) is 0. The second-order valence-corrected chi connectivity index (χ2v) is 4.30. The number of ether oxygens (including phenoxy) is 2. The summed E-state index contributed by atoms with van der Waals surface area (Å²) in [4.78, 5) is 13.1. The molecule has 0 aliphatic carbocycles. The highest BCUT2D eigenvalue weighted by atomic mass is 16.6. The number of hydrogen-bond donors (Lipinski definition) is 0. The molecule has 1 unspecified atom stereocenters. The van der Waals surface area contributed by atoms with Crippen LogP contribution in [0.1, 0.15) is 33.1 Å². The third-order valence-corrected chi connectivity index (χ3v) is 2.77. The summed E-state index contributed by atoms with van der Waals surface area (Å²) in [6.45, 7) is 7.80. The van der Waals surface area contributed by atoms with Gasteiger partial charge in [-0.3, -0.25) is 9.69 Å². The normalized spacial score (nSPS) is 22.0. The fraction of sp³-hybridized carbons (Fsp3) is 0.917. The topological polar surface area (TPSA) is 38.8 Å². The molecule has 1 aliphatic rings. The molecule has 1 rings (SSSR count). The van der Waals surface area contributed by atoms with E-state index in [1.54, 1.807) is 0 Å². The highest BCUT2D eigenvalue weighted by Crippen LogP contribution is 2.07. The molecule has 0 spiro atoms. The van der Waals surface area contributed by atoms with Crippen LogP contribution >= 0.6 is 0 Å². The van der Waals surface area contributed by atoms with Crippen molar-refractivity contribution in [2.24, 2.45) is 0 Å². The Hall–Kier alpha value is -0.610. The monoisotopic (exact) mass is 229 g/mol. The van der Waals surface area contributed by atoms with Crippen molar-refractivity contribution in [1.82, 2.24) is 4.90 Å². The van der Waals surface area contributed by atoms with Gasteiger partial charge in [0.25, 0.3) is 0 Å². The smallest absolute Gasteiger partial charge is 0.302 e. The second kappa shape index (κ2) is 7.63. The molecule has 0 aromatic heterocycles. The van der Waals surface area contributed by atoms with Crippen LogP contribution in [0.4, 0.5) is 0 Å². The van der Waals surface area contributed by atoms with Crippen LogP contribution in [-0.2, 0) is 14.3 Å². The van der Waals surface area contributed by atoms with Gasteiger partial charge >= 0.3 is 5.97 Å². The number of unbranched alkanes of at least 4 members (excludes halogenated alkanes) is 2. The van der Waals surface area contributed by atoms with Gasteiger partial charge < -0.3 is 9.47 Å². The summed E-state index contributed by atoms with van der Waals surface area (Å²) in [5.74, 6) is -0.230. The predicted molar refractivity (Wildman–Crippen MR) is 62.3 cm³/mol. The number of morpholine rings is 1. The Morgan fingerprint density at radius 2 is 2.31 bits per heavy atom. The molecular formula is C12H23NO3. The Morgan fingerprint density at radius 1 is 1.50 bits per heavy atom. The van der Waals surface area contributed by atoms with Gasteiger partial charge in [-0.05, 0) is 13.0 Å². The summed E-state index contributed by atoms with van der Waals surface area (Å²) in [6.07, 6.45) is 3.84. The van der Waals surface area contributed by atoms with E-state index in [9.17, 15) is 4.79 Å². The lowest BCUT2D eigenvalue weighted by Gasteiger charge is -2.32. The fourth-order valence-corrected chi connectivity index (χ4v) is 1.88. The van der Waals surface area contributed by atoms with Crippen LogP contribution in [0.3, 0.4) is 0 Å². The third kappa shape index (κ3) is 5.47. The molecule has 1 saturated heterocycles. The Labute approximate surface area is 97.9 Å². The Balaban J connectivity index is 2.16. The van der Waals surface area contributed by atoms with Gasteiger partial charge in [0.05, 0.1) is 6.61 Å². The molecule has 0 radical (unpaired) electrons. The van der Waals surface area contributed by atoms with Crippen molar-refractivity contribution in [2.75, 3.05) is 32.8 Å². The molecule has 4 heteroatoms. The Bertz CT molecular complexity index is 208. The molecule has 16 heavy (non-hydrogen) atoms. The quantitative estimate of drug-likeness (QED) is 0.510. The van der Waals surface area contributed by atoms with Crippen LogP contribution in [-0.4, -0.2) is 49.8 Å². The SMILES string of the molecule is CCCCCN1CCOC(COC(C)=O)C1. The third-order valence-electron chi connectivity index (χ3n) is 2.77. The van der Waals surface area contributed by atoms with E-state index < -0.39 is 0 Å². The number of esters is 1. The maximum atomic E-state index is 10.7. The molecule has 1 atom stereocenters. The molecule has 0 bridgehead atoms. The molecule has 0 aromatic carbocycles. The zero-order chi connectivity index (χ0) is 11.8. The van der Waals surface area contributed by atoms with Gasteiger partial charge in [-0.1, -0.05) is 19.8 Å². The standard InChI is InChI=1S/C12H23NO3/c1-3-4-5-6-13-7-8-15-12(9-13)10-16-11(2)14/h12H,3-10H2,1-2H3. The van der Waals surface area contributed by atoms with E-state index in [0.29, 0.717) is 6.61 Å². The first-order valence-electron chi connectivity index (χ1n) is 6.19. The van der Waals surface area contributed by atoms with E-state index in [4.69, 9.17) is 9.47 Å². The van der Waals surface area contributed by atoms with Crippen LogP contribution in [0.25, 0.3) is 0 Å². The van der Waals surface area contributed by atoms with Crippen molar-refractivity contribution >= 4 is 5.97 Å². The van der Waals surface area contributed by atoms with Crippen molar-refractivity contribution in [1.29, 1.82) is 0 Å². The zero-order valence-electron chi connectivity index (χ0n) is 10.4. The largest absolute Gasteiger partial charge is 0.463 e. The van der Waals surface area contributed by atoms with Crippen molar-refractivity contribution < 1.29 is 14.3 Å². The Kier molecular flexibility index (Phi) is 6.42. The maximum absolute atomic E-state index is 10.7. The van der Waals surface area contributed by atoms with Crippen LogP contribution in [0.5, 0.6) is 0 Å². The first-order valence-corrected chi connectivity index (χ1v) is 6.19. The molecule has 0 amide bonds. The maximum Gasteiger partial charge on any atom is 0.302 e. The second-order valence-electron chi connectivity index (χ2n) is 4.30. The summed E-state index contributed by atoms with van der Waals surface area (Å²) >= 11 is 0. The lowest BCUT2D eigenvalue weighted by Crippen LogP contribution is -2.44. The first kappa shape index (κ1) is 13.5. The Morgan fingerprint density at radius 3 is 3.00 bits per heavy atom. The number of hydrogen-bond acceptors (Lipinski definition) is 4. The number of rotatable bonds is 6. The lowest BCUT2D eigenvalue weighted by atomic mass is 10.2. The van der Waals surface area contributed by atoms with Gasteiger partial charge in [0.1, 0.15) is 12.7 Å². The minimum atomic E-state index is -0.230. The van der Waals surface area contributed by atoms with Gasteiger partial charge in [0.2, 0.25) is 0 Å². The predicted octanol–water partition coefficient (Wildman–Crippen LogP) is 1.44. The molecule has 0 N–H and O–H groups in total.